The minimum absolute atomic E-state index is 0.0454. The lowest BCUT2D eigenvalue weighted by Gasteiger charge is -2.06. The molecule has 15 heavy (non-hydrogen) atoms. The average molecular weight is 215 g/mol. The second kappa shape index (κ2) is 6.40. The summed E-state index contributed by atoms with van der Waals surface area (Å²) in [5, 5.41) is 3.70. The molecular formula is C10H17NO4. The summed E-state index contributed by atoms with van der Waals surface area (Å²) in [6.07, 6.45) is 1.22. The van der Waals surface area contributed by atoms with Crippen molar-refractivity contribution in [3.8, 4) is 0 Å². The highest BCUT2D eigenvalue weighted by molar-refractivity contribution is 6.36. The molecule has 1 heterocycles. The van der Waals surface area contributed by atoms with Gasteiger partial charge >= 0.3 is 5.97 Å². The SMILES string of the molecule is CCOCC[C@@H]1CC(C(=O)OCC)=NO1. The predicted molar refractivity (Wildman–Crippen MR) is 54.7 cm³/mol. The third-order valence-electron chi connectivity index (χ3n) is 2.03. The first-order valence-electron chi connectivity index (χ1n) is 5.25. The van der Waals surface area contributed by atoms with Crippen LogP contribution in [0.25, 0.3) is 0 Å². The summed E-state index contributed by atoms with van der Waals surface area (Å²) in [5.41, 5.74) is 0.373. The third kappa shape index (κ3) is 3.87. The Labute approximate surface area is 89.4 Å². The van der Waals surface area contributed by atoms with Gasteiger partial charge in [-0.15, -0.1) is 0 Å². The molecule has 0 fully saturated rings. The number of hydrogen-bond donors (Lipinski definition) is 0. The van der Waals surface area contributed by atoms with Gasteiger partial charge in [-0.05, 0) is 13.8 Å². The normalized spacial score (nSPS) is 19.6. The lowest BCUT2D eigenvalue weighted by molar-refractivity contribution is -0.135. The van der Waals surface area contributed by atoms with Crippen LogP contribution in [-0.4, -0.2) is 37.6 Å². The summed E-state index contributed by atoms with van der Waals surface area (Å²) < 4.78 is 10.0. The third-order valence-corrected chi connectivity index (χ3v) is 2.03. The molecule has 0 aliphatic carbocycles. The van der Waals surface area contributed by atoms with Crippen molar-refractivity contribution in [1.82, 2.24) is 0 Å². The van der Waals surface area contributed by atoms with Crippen LogP contribution in [0.4, 0.5) is 0 Å². The van der Waals surface area contributed by atoms with Gasteiger partial charge in [0, 0.05) is 19.4 Å². The Hall–Kier alpha value is -1.10. The van der Waals surface area contributed by atoms with Crippen LogP contribution in [-0.2, 0) is 19.1 Å². The van der Waals surface area contributed by atoms with Crippen LogP contribution in [0, 0.1) is 0 Å². The fourth-order valence-corrected chi connectivity index (χ4v) is 1.28. The smallest absolute Gasteiger partial charge is 0.356 e. The van der Waals surface area contributed by atoms with Crippen molar-refractivity contribution in [1.29, 1.82) is 0 Å². The maximum absolute atomic E-state index is 11.3. The Kier molecular flexibility index (Phi) is 5.10. The molecule has 5 heteroatoms. The second-order valence-electron chi connectivity index (χ2n) is 3.18. The van der Waals surface area contributed by atoms with E-state index in [9.17, 15) is 4.79 Å². The van der Waals surface area contributed by atoms with E-state index in [-0.39, 0.29) is 12.1 Å². The molecule has 0 saturated carbocycles. The Morgan fingerprint density at radius 3 is 3.00 bits per heavy atom. The van der Waals surface area contributed by atoms with Crippen LogP contribution in [0.3, 0.4) is 0 Å². The summed E-state index contributed by atoms with van der Waals surface area (Å²) in [4.78, 5) is 16.3. The summed E-state index contributed by atoms with van der Waals surface area (Å²) in [6.45, 7) is 5.39. The van der Waals surface area contributed by atoms with Crippen molar-refractivity contribution in [2.24, 2.45) is 5.16 Å². The van der Waals surface area contributed by atoms with E-state index >= 15 is 0 Å². The quantitative estimate of drug-likeness (QED) is 0.492. The van der Waals surface area contributed by atoms with Crippen molar-refractivity contribution in [2.45, 2.75) is 32.8 Å². The van der Waals surface area contributed by atoms with E-state index in [4.69, 9.17) is 14.3 Å². The number of esters is 1. The first-order chi connectivity index (χ1) is 7.27. The van der Waals surface area contributed by atoms with Crippen LogP contribution in [0.5, 0.6) is 0 Å². The highest BCUT2D eigenvalue weighted by atomic mass is 16.6. The second-order valence-corrected chi connectivity index (χ2v) is 3.18. The molecule has 0 radical (unpaired) electrons. The number of nitrogens with zero attached hydrogens (tertiary/aromatic N) is 1. The monoisotopic (exact) mass is 215 g/mol. The molecule has 1 aliphatic heterocycles. The van der Waals surface area contributed by atoms with Gasteiger partial charge in [-0.1, -0.05) is 5.16 Å². The summed E-state index contributed by atoms with van der Waals surface area (Å²) >= 11 is 0. The number of ether oxygens (including phenoxy) is 2. The standard InChI is InChI=1S/C10H17NO4/c1-3-13-6-5-8-7-9(11-15-8)10(12)14-4-2/h8H,3-7H2,1-2H3/t8-/m1/s1. The molecule has 0 bridgehead atoms. The van der Waals surface area contributed by atoms with E-state index in [1.807, 2.05) is 6.92 Å². The molecule has 0 aromatic rings. The van der Waals surface area contributed by atoms with Gasteiger partial charge in [-0.2, -0.15) is 0 Å². The maximum atomic E-state index is 11.3. The zero-order valence-corrected chi connectivity index (χ0v) is 9.19. The molecule has 0 spiro atoms. The van der Waals surface area contributed by atoms with Crippen LogP contribution in [0.15, 0.2) is 5.16 Å². The molecule has 1 aliphatic rings. The number of rotatable bonds is 6. The molecule has 0 aromatic heterocycles. The van der Waals surface area contributed by atoms with E-state index in [0.29, 0.717) is 32.0 Å². The maximum Gasteiger partial charge on any atom is 0.356 e. The number of hydrogen-bond acceptors (Lipinski definition) is 5. The highest BCUT2D eigenvalue weighted by Crippen LogP contribution is 2.14. The van der Waals surface area contributed by atoms with Gasteiger partial charge < -0.3 is 14.3 Å². The summed E-state index contributed by atoms with van der Waals surface area (Å²) in [5.74, 6) is -0.378. The lowest BCUT2D eigenvalue weighted by atomic mass is 10.1. The summed E-state index contributed by atoms with van der Waals surface area (Å²) in [7, 11) is 0. The van der Waals surface area contributed by atoms with Gasteiger partial charge in [0.1, 0.15) is 6.10 Å². The van der Waals surface area contributed by atoms with E-state index in [1.54, 1.807) is 6.92 Å². The van der Waals surface area contributed by atoms with E-state index < -0.39 is 0 Å². The fraction of sp³-hybridized carbons (Fsp3) is 0.800. The minimum Gasteiger partial charge on any atom is -0.461 e. The van der Waals surface area contributed by atoms with Crippen molar-refractivity contribution in [3.05, 3.63) is 0 Å². The van der Waals surface area contributed by atoms with Crippen LogP contribution in [0.1, 0.15) is 26.7 Å². The zero-order valence-electron chi connectivity index (χ0n) is 9.19. The van der Waals surface area contributed by atoms with Gasteiger partial charge in [0.2, 0.25) is 0 Å². The first kappa shape index (κ1) is 12.0. The minimum atomic E-state index is -0.378. The molecule has 1 rings (SSSR count). The number of carbonyl (C=O) groups is 1. The molecule has 86 valence electrons. The first-order valence-corrected chi connectivity index (χ1v) is 5.25. The Morgan fingerprint density at radius 1 is 1.53 bits per heavy atom. The van der Waals surface area contributed by atoms with E-state index in [0.717, 1.165) is 6.42 Å². The van der Waals surface area contributed by atoms with Gasteiger partial charge in [-0.3, -0.25) is 0 Å². The van der Waals surface area contributed by atoms with Crippen LogP contribution in [0.2, 0.25) is 0 Å². The zero-order chi connectivity index (χ0) is 11.1. The van der Waals surface area contributed by atoms with Crippen molar-refractivity contribution in [2.75, 3.05) is 19.8 Å². The van der Waals surface area contributed by atoms with Crippen LogP contribution < -0.4 is 0 Å². The van der Waals surface area contributed by atoms with Crippen molar-refractivity contribution >= 4 is 11.7 Å². The molecule has 5 nitrogen and oxygen atoms in total. The van der Waals surface area contributed by atoms with Gasteiger partial charge in [0.25, 0.3) is 0 Å². The lowest BCUT2D eigenvalue weighted by Crippen LogP contribution is -2.19. The Bertz CT molecular complexity index is 240. The predicted octanol–water partition coefficient (Wildman–Crippen LogP) is 1.12. The summed E-state index contributed by atoms with van der Waals surface area (Å²) in [6, 6.07) is 0. The average Bonchev–Trinajstić information content (AvgIpc) is 2.67. The number of carbonyl (C=O) groups excluding carboxylic acids is 1. The topological polar surface area (TPSA) is 57.1 Å². The molecule has 0 N–H and O–H groups in total. The van der Waals surface area contributed by atoms with Gasteiger partial charge in [0.05, 0.1) is 13.2 Å². The number of oxime groups is 1. The highest BCUT2D eigenvalue weighted by Gasteiger charge is 2.26. The molecule has 1 atom stereocenters. The van der Waals surface area contributed by atoms with Crippen LogP contribution >= 0.6 is 0 Å². The van der Waals surface area contributed by atoms with Crippen molar-refractivity contribution < 1.29 is 19.1 Å². The van der Waals surface area contributed by atoms with E-state index in [2.05, 4.69) is 5.16 Å². The molecular weight excluding hydrogens is 198 g/mol. The molecule has 0 unspecified atom stereocenters. The fourth-order valence-electron chi connectivity index (χ4n) is 1.28. The van der Waals surface area contributed by atoms with Gasteiger partial charge in [0.15, 0.2) is 5.71 Å². The largest absolute Gasteiger partial charge is 0.461 e. The molecule has 0 aromatic carbocycles. The molecule has 0 amide bonds. The molecule has 0 saturated heterocycles. The van der Waals surface area contributed by atoms with Crippen molar-refractivity contribution in [3.63, 3.8) is 0 Å². The van der Waals surface area contributed by atoms with Gasteiger partial charge in [-0.25, -0.2) is 4.79 Å². The Balaban J connectivity index is 2.21. The Morgan fingerprint density at radius 2 is 2.33 bits per heavy atom. The van der Waals surface area contributed by atoms with E-state index in [1.165, 1.54) is 0 Å².